The highest BCUT2D eigenvalue weighted by Gasteiger charge is 2.21. The number of amides is 3. The fraction of sp³-hybridized carbons (Fsp3) is 0.0800. The molecular formula is C25H20BrClN4O3. The monoisotopic (exact) mass is 538 g/mol. The van der Waals surface area contributed by atoms with E-state index in [1.54, 1.807) is 42.5 Å². The maximum Gasteiger partial charge on any atom is 0.328 e. The van der Waals surface area contributed by atoms with Crippen molar-refractivity contribution in [1.29, 1.82) is 0 Å². The number of aryl methyl sites for hydroxylation is 2. The Bertz CT molecular complexity index is 1450. The Morgan fingerprint density at radius 3 is 2.32 bits per heavy atom. The van der Waals surface area contributed by atoms with Crippen LogP contribution in [0.5, 0.6) is 0 Å². The number of carbonyl (C=O) groups is 3. The minimum absolute atomic E-state index is 0.162. The second-order valence-corrected chi connectivity index (χ2v) is 9.08. The number of nitrogens with one attached hydrogen (secondary N) is 3. The number of aromatic nitrogens is 1. The maximum absolute atomic E-state index is 13.2. The van der Waals surface area contributed by atoms with Crippen LogP contribution in [0.4, 0.5) is 11.4 Å². The molecule has 0 radical (unpaired) electrons. The molecule has 4 aromatic rings. The molecule has 0 saturated heterocycles. The van der Waals surface area contributed by atoms with Crippen LogP contribution in [0.1, 0.15) is 21.6 Å². The van der Waals surface area contributed by atoms with E-state index in [1.807, 2.05) is 32.0 Å². The number of carbonyl (C=O) groups excluding carboxylic acids is 3. The summed E-state index contributed by atoms with van der Waals surface area (Å²) in [5, 5.41) is 6.47. The molecule has 0 unspecified atom stereocenters. The van der Waals surface area contributed by atoms with Crippen LogP contribution in [0.15, 0.2) is 71.2 Å². The lowest BCUT2D eigenvalue weighted by atomic mass is 10.1. The molecule has 0 atom stereocenters. The van der Waals surface area contributed by atoms with Crippen molar-refractivity contribution in [2.75, 3.05) is 16.1 Å². The molecule has 1 heterocycles. The van der Waals surface area contributed by atoms with Gasteiger partial charge in [0.25, 0.3) is 5.91 Å². The Kier molecular flexibility index (Phi) is 6.72. The summed E-state index contributed by atoms with van der Waals surface area (Å²) in [4.78, 5) is 38.4. The molecule has 0 saturated carbocycles. The molecule has 3 N–H and O–H groups in total. The average Bonchev–Trinajstić information content (AvgIpc) is 3.13. The number of fused-ring (bicyclic) bond motifs is 1. The van der Waals surface area contributed by atoms with Gasteiger partial charge in [-0.3, -0.25) is 19.8 Å². The van der Waals surface area contributed by atoms with Crippen LogP contribution in [0.25, 0.3) is 10.9 Å². The molecule has 0 aliphatic rings. The number of hydrogen-bond acceptors (Lipinski definition) is 3. The molecule has 4 rings (SSSR count). The van der Waals surface area contributed by atoms with E-state index in [4.69, 9.17) is 11.6 Å². The van der Waals surface area contributed by atoms with Crippen molar-refractivity contribution in [2.45, 2.75) is 13.8 Å². The Morgan fingerprint density at radius 2 is 1.59 bits per heavy atom. The summed E-state index contributed by atoms with van der Waals surface area (Å²) in [6, 6.07) is 19.0. The van der Waals surface area contributed by atoms with Crippen molar-refractivity contribution in [2.24, 2.45) is 0 Å². The number of benzene rings is 3. The molecular weight excluding hydrogens is 520 g/mol. The fourth-order valence-electron chi connectivity index (χ4n) is 3.39. The number of nitrogens with zero attached hydrogens (tertiary/aromatic N) is 1. The lowest BCUT2D eigenvalue weighted by molar-refractivity contribution is -0.133. The molecule has 1 aromatic heterocycles. The van der Waals surface area contributed by atoms with E-state index in [1.165, 1.54) is 10.7 Å². The summed E-state index contributed by atoms with van der Waals surface area (Å²) in [5.74, 6) is -2.28. The number of halogens is 2. The highest BCUT2D eigenvalue weighted by Crippen LogP contribution is 2.24. The molecule has 7 nitrogen and oxygen atoms in total. The Balaban J connectivity index is 1.63. The van der Waals surface area contributed by atoms with Crippen molar-refractivity contribution < 1.29 is 14.4 Å². The molecule has 9 heteroatoms. The van der Waals surface area contributed by atoms with Gasteiger partial charge < -0.3 is 10.6 Å². The average molecular weight is 540 g/mol. The SMILES string of the molecule is Cc1ccc(NC(=O)c2cc3cc(Br)ccc3n2NC(=O)C(=O)Nc2cccc(Cl)c2)cc1C. The first-order chi connectivity index (χ1) is 16.2. The van der Waals surface area contributed by atoms with Gasteiger partial charge in [-0.25, -0.2) is 4.68 Å². The first-order valence-electron chi connectivity index (χ1n) is 10.3. The van der Waals surface area contributed by atoms with Gasteiger partial charge in [-0.05, 0) is 79.6 Å². The van der Waals surface area contributed by atoms with Crippen molar-refractivity contribution in [1.82, 2.24) is 4.68 Å². The third-order valence-corrected chi connectivity index (χ3v) is 5.99. The zero-order valence-electron chi connectivity index (χ0n) is 18.3. The van der Waals surface area contributed by atoms with Crippen LogP contribution in [-0.4, -0.2) is 22.4 Å². The van der Waals surface area contributed by atoms with E-state index >= 15 is 0 Å². The Labute approximate surface area is 209 Å². The summed E-state index contributed by atoms with van der Waals surface area (Å²) in [6.07, 6.45) is 0. The van der Waals surface area contributed by atoms with Crippen LogP contribution in [0.3, 0.4) is 0 Å². The van der Waals surface area contributed by atoms with Gasteiger partial charge in [-0.15, -0.1) is 0 Å². The summed E-state index contributed by atoms with van der Waals surface area (Å²) in [6.45, 7) is 3.94. The Morgan fingerprint density at radius 1 is 0.824 bits per heavy atom. The van der Waals surface area contributed by atoms with Gasteiger partial charge in [0.15, 0.2) is 0 Å². The molecule has 34 heavy (non-hydrogen) atoms. The zero-order valence-corrected chi connectivity index (χ0v) is 20.6. The van der Waals surface area contributed by atoms with Crippen LogP contribution in [0.2, 0.25) is 5.02 Å². The van der Waals surface area contributed by atoms with Crippen LogP contribution in [-0.2, 0) is 9.59 Å². The van der Waals surface area contributed by atoms with Crippen molar-refractivity contribution in [3.05, 3.63) is 93.0 Å². The lowest BCUT2D eigenvalue weighted by Gasteiger charge is -2.13. The third-order valence-electron chi connectivity index (χ3n) is 5.26. The molecule has 0 aliphatic heterocycles. The largest absolute Gasteiger partial charge is 0.328 e. The van der Waals surface area contributed by atoms with E-state index < -0.39 is 17.7 Å². The number of rotatable bonds is 4. The number of hydrogen-bond donors (Lipinski definition) is 3. The maximum atomic E-state index is 13.2. The summed E-state index contributed by atoms with van der Waals surface area (Å²) >= 11 is 9.35. The van der Waals surface area contributed by atoms with E-state index in [9.17, 15) is 14.4 Å². The fourth-order valence-corrected chi connectivity index (χ4v) is 3.96. The van der Waals surface area contributed by atoms with Gasteiger partial charge in [0.2, 0.25) is 0 Å². The van der Waals surface area contributed by atoms with Crippen molar-refractivity contribution in [3.8, 4) is 0 Å². The van der Waals surface area contributed by atoms with Crippen LogP contribution < -0.4 is 16.1 Å². The topological polar surface area (TPSA) is 92.2 Å². The standard InChI is InChI=1S/C25H20BrClN4O3/c1-14-6-8-20(10-15(14)2)28-23(32)22-12-16-11-17(26)7-9-21(16)31(22)30-25(34)24(33)29-19-5-3-4-18(27)13-19/h3-13H,1-2H3,(H,28,32)(H,29,33)(H,30,34). The van der Waals surface area contributed by atoms with Gasteiger partial charge in [-0.2, -0.15) is 0 Å². The van der Waals surface area contributed by atoms with Crippen molar-refractivity contribution >= 4 is 67.5 Å². The first-order valence-corrected chi connectivity index (χ1v) is 11.5. The predicted octanol–water partition coefficient (Wildman–Crippen LogP) is 5.64. The van der Waals surface area contributed by atoms with E-state index in [0.717, 1.165) is 15.6 Å². The lowest BCUT2D eigenvalue weighted by Crippen LogP contribution is -2.36. The van der Waals surface area contributed by atoms with Gasteiger partial charge in [0, 0.05) is 26.3 Å². The van der Waals surface area contributed by atoms with E-state index in [0.29, 0.717) is 27.3 Å². The van der Waals surface area contributed by atoms with Crippen molar-refractivity contribution in [3.63, 3.8) is 0 Å². The first kappa shape index (κ1) is 23.5. The molecule has 0 bridgehead atoms. The zero-order chi connectivity index (χ0) is 24.4. The number of anilines is 2. The van der Waals surface area contributed by atoms with Gasteiger partial charge in [0.1, 0.15) is 5.69 Å². The van der Waals surface area contributed by atoms with E-state index in [-0.39, 0.29) is 5.69 Å². The molecule has 172 valence electrons. The van der Waals surface area contributed by atoms with Gasteiger partial charge in [0.05, 0.1) is 5.52 Å². The highest BCUT2D eigenvalue weighted by molar-refractivity contribution is 9.10. The molecule has 0 fully saturated rings. The minimum atomic E-state index is -0.944. The summed E-state index contributed by atoms with van der Waals surface area (Å²) in [5.41, 5.74) is 6.39. The molecule has 0 aliphatic carbocycles. The normalized spacial score (nSPS) is 10.7. The molecule has 3 amide bonds. The van der Waals surface area contributed by atoms with Crippen LogP contribution in [0, 0.1) is 13.8 Å². The van der Waals surface area contributed by atoms with Crippen LogP contribution >= 0.6 is 27.5 Å². The smallest absolute Gasteiger partial charge is 0.321 e. The summed E-state index contributed by atoms with van der Waals surface area (Å²) in [7, 11) is 0. The molecule has 0 spiro atoms. The summed E-state index contributed by atoms with van der Waals surface area (Å²) < 4.78 is 2.11. The Hall–Kier alpha value is -3.62. The van der Waals surface area contributed by atoms with E-state index in [2.05, 4.69) is 32.0 Å². The highest BCUT2D eigenvalue weighted by atomic mass is 79.9. The molecule has 3 aromatic carbocycles. The third kappa shape index (κ3) is 5.13. The second-order valence-electron chi connectivity index (χ2n) is 7.73. The second kappa shape index (κ2) is 9.70. The quantitative estimate of drug-likeness (QED) is 0.293. The van der Waals surface area contributed by atoms with Gasteiger partial charge in [-0.1, -0.05) is 39.7 Å². The predicted molar refractivity (Wildman–Crippen MR) is 138 cm³/mol. The van der Waals surface area contributed by atoms with Gasteiger partial charge >= 0.3 is 11.8 Å². The minimum Gasteiger partial charge on any atom is -0.321 e.